The molecular weight excluding hydrogens is 208 g/mol. The van der Waals surface area contributed by atoms with Gasteiger partial charge >= 0.3 is 5.97 Å². The van der Waals surface area contributed by atoms with Crippen molar-refractivity contribution in [2.24, 2.45) is 0 Å². The smallest absolute Gasteiger partial charge is 0.306 e. The van der Waals surface area contributed by atoms with Gasteiger partial charge in [-0.3, -0.25) is 4.79 Å². The summed E-state index contributed by atoms with van der Waals surface area (Å²) < 4.78 is 5.30. The SMILES string of the molecule is O=C([O-])CCCCC(=O)OC1CCCCC1. The van der Waals surface area contributed by atoms with Crippen LogP contribution in [0.15, 0.2) is 0 Å². The minimum atomic E-state index is -1.05. The highest BCUT2D eigenvalue weighted by Crippen LogP contribution is 2.20. The Kier molecular flexibility index (Phi) is 5.90. The fourth-order valence-corrected chi connectivity index (χ4v) is 1.97. The summed E-state index contributed by atoms with van der Waals surface area (Å²) >= 11 is 0. The van der Waals surface area contributed by atoms with E-state index < -0.39 is 5.97 Å². The van der Waals surface area contributed by atoms with Crippen molar-refractivity contribution in [2.45, 2.75) is 63.9 Å². The number of esters is 1. The summed E-state index contributed by atoms with van der Waals surface area (Å²) in [5, 5.41) is 10.1. The number of carbonyl (C=O) groups is 2. The molecule has 4 nitrogen and oxygen atoms in total. The Hall–Kier alpha value is -1.06. The van der Waals surface area contributed by atoms with Crippen molar-refractivity contribution in [1.82, 2.24) is 0 Å². The van der Waals surface area contributed by atoms with Crippen molar-refractivity contribution in [3.05, 3.63) is 0 Å². The van der Waals surface area contributed by atoms with E-state index in [1.54, 1.807) is 0 Å². The summed E-state index contributed by atoms with van der Waals surface area (Å²) in [7, 11) is 0. The second-order valence-electron chi connectivity index (χ2n) is 4.33. The summed E-state index contributed by atoms with van der Waals surface area (Å²) in [6, 6.07) is 0. The lowest BCUT2D eigenvalue weighted by Crippen LogP contribution is -2.22. The number of carbonyl (C=O) groups excluding carboxylic acids is 2. The molecule has 0 aliphatic heterocycles. The van der Waals surface area contributed by atoms with Gasteiger partial charge in [-0.2, -0.15) is 0 Å². The van der Waals surface area contributed by atoms with E-state index in [1.807, 2.05) is 0 Å². The van der Waals surface area contributed by atoms with Crippen LogP contribution in [0.25, 0.3) is 0 Å². The van der Waals surface area contributed by atoms with Crippen LogP contribution in [0.1, 0.15) is 57.8 Å². The number of hydrogen-bond acceptors (Lipinski definition) is 4. The first-order valence-corrected chi connectivity index (χ1v) is 6.08. The molecule has 0 heterocycles. The third-order valence-corrected chi connectivity index (χ3v) is 2.86. The molecule has 0 radical (unpaired) electrons. The zero-order valence-corrected chi connectivity index (χ0v) is 9.57. The highest BCUT2D eigenvalue weighted by molar-refractivity contribution is 5.69. The van der Waals surface area contributed by atoms with Crippen LogP contribution in [0.5, 0.6) is 0 Å². The molecule has 1 aliphatic carbocycles. The fraction of sp³-hybridized carbons (Fsp3) is 0.833. The van der Waals surface area contributed by atoms with Gasteiger partial charge < -0.3 is 14.6 Å². The highest BCUT2D eigenvalue weighted by atomic mass is 16.5. The predicted octanol–water partition coefficient (Wildman–Crippen LogP) is 1.17. The molecule has 1 rings (SSSR count). The maximum absolute atomic E-state index is 11.4. The van der Waals surface area contributed by atoms with Gasteiger partial charge in [0, 0.05) is 12.4 Å². The second-order valence-corrected chi connectivity index (χ2v) is 4.33. The van der Waals surface area contributed by atoms with Crippen molar-refractivity contribution in [3.8, 4) is 0 Å². The van der Waals surface area contributed by atoms with Gasteiger partial charge in [0.1, 0.15) is 6.10 Å². The van der Waals surface area contributed by atoms with E-state index in [0.29, 0.717) is 19.3 Å². The third kappa shape index (κ3) is 5.73. The lowest BCUT2D eigenvalue weighted by Gasteiger charge is -2.21. The van der Waals surface area contributed by atoms with Gasteiger partial charge in [0.25, 0.3) is 0 Å². The van der Waals surface area contributed by atoms with E-state index in [-0.39, 0.29) is 18.5 Å². The average Bonchev–Trinajstić information content (AvgIpc) is 2.25. The number of unbranched alkanes of at least 4 members (excludes halogenated alkanes) is 1. The first kappa shape index (κ1) is 13.0. The molecule has 0 amide bonds. The Morgan fingerprint density at radius 1 is 1.06 bits per heavy atom. The summed E-state index contributed by atoms with van der Waals surface area (Å²) in [5.41, 5.74) is 0. The van der Waals surface area contributed by atoms with E-state index in [9.17, 15) is 14.7 Å². The number of rotatable bonds is 6. The molecule has 1 saturated carbocycles. The van der Waals surface area contributed by atoms with E-state index >= 15 is 0 Å². The van der Waals surface area contributed by atoms with Crippen LogP contribution in [0.4, 0.5) is 0 Å². The summed E-state index contributed by atoms with van der Waals surface area (Å²) in [6.45, 7) is 0. The van der Waals surface area contributed by atoms with Crippen molar-refractivity contribution < 1.29 is 19.4 Å². The van der Waals surface area contributed by atoms with E-state index in [1.165, 1.54) is 6.42 Å². The van der Waals surface area contributed by atoms with Gasteiger partial charge in [0.05, 0.1) is 0 Å². The Labute approximate surface area is 96.0 Å². The molecule has 0 saturated heterocycles. The molecule has 0 aromatic rings. The molecule has 0 aromatic heterocycles. The first-order valence-electron chi connectivity index (χ1n) is 6.08. The summed E-state index contributed by atoms with van der Waals surface area (Å²) in [5.74, 6) is -1.24. The first-order chi connectivity index (χ1) is 7.68. The summed E-state index contributed by atoms with van der Waals surface area (Å²) in [4.78, 5) is 21.5. The Morgan fingerprint density at radius 2 is 1.69 bits per heavy atom. The minimum absolute atomic E-state index is 0.0245. The molecule has 92 valence electrons. The number of aliphatic carboxylic acids is 1. The standard InChI is InChI=1S/C12H20O4/c13-11(14)8-4-5-9-12(15)16-10-6-2-1-3-7-10/h10H,1-9H2,(H,13,14)/p-1. The van der Waals surface area contributed by atoms with Crippen LogP contribution in [0.3, 0.4) is 0 Å². The Bertz CT molecular complexity index is 231. The van der Waals surface area contributed by atoms with E-state index in [4.69, 9.17) is 4.74 Å². The zero-order valence-electron chi connectivity index (χ0n) is 9.57. The van der Waals surface area contributed by atoms with Crippen LogP contribution >= 0.6 is 0 Å². The summed E-state index contributed by atoms with van der Waals surface area (Å²) in [6.07, 6.45) is 6.98. The van der Waals surface area contributed by atoms with Crippen LogP contribution in [0.2, 0.25) is 0 Å². The molecule has 4 heteroatoms. The molecule has 0 aromatic carbocycles. The van der Waals surface area contributed by atoms with Crippen molar-refractivity contribution in [3.63, 3.8) is 0 Å². The van der Waals surface area contributed by atoms with Gasteiger partial charge in [0.15, 0.2) is 0 Å². The van der Waals surface area contributed by atoms with Crippen LogP contribution < -0.4 is 5.11 Å². The van der Waals surface area contributed by atoms with Gasteiger partial charge in [-0.15, -0.1) is 0 Å². The molecule has 1 fully saturated rings. The number of carboxylic acid groups (broad SMARTS) is 1. The van der Waals surface area contributed by atoms with Crippen molar-refractivity contribution in [1.29, 1.82) is 0 Å². The molecule has 16 heavy (non-hydrogen) atoms. The number of ether oxygens (including phenoxy) is 1. The van der Waals surface area contributed by atoms with Crippen LogP contribution in [-0.4, -0.2) is 18.0 Å². The molecule has 1 aliphatic rings. The third-order valence-electron chi connectivity index (χ3n) is 2.86. The molecule has 0 bridgehead atoms. The van der Waals surface area contributed by atoms with Gasteiger partial charge in [0.2, 0.25) is 0 Å². The fourth-order valence-electron chi connectivity index (χ4n) is 1.97. The quantitative estimate of drug-likeness (QED) is 0.504. The largest absolute Gasteiger partial charge is 0.550 e. The van der Waals surface area contributed by atoms with E-state index in [0.717, 1.165) is 25.7 Å². The number of carboxylic acids is 1. The predicted molar refractivity (Wildman–Crippen MR) is 56.4 cm³/mol. The maximum Gasteiger partial charge on any atom is 0.306 e. The van der Waals surface area contributed by atoms with E-state index in [2.05, 4.69) is 0 Å². The van der Waals surface area contributed by atoms with Crippen molar-refractivity contribution >= 4 is 11.9 Å². The van der Waals surface area contributed by atoms with Gasteiger partial charge in [-0.25, -0.2) is 0 Å². The number of hydrogen-bond donors (Lipinski definition) is 0. The van der Waals surface area contributed by atoms with Crippen molar-refractivity contribution in [2.75, 3.05) is 0 Å². The molecular formula is C12H19O4-. The maximum atomic E-state index is 11.4. The second kappa shape index (κ2) is 7.25. The van der Waals surface area contributed by atoms with Crippen LogP contribution in [0, 0.1) is 0 Å². The minimum Gasteiger partial charge on any atom is -0.550 e. The Balaban J connectivity index is 2.03. The lowest BCUT2D eigenvalue weighted by molar-refractivity contribution is -0.305. The average molecular weight is 227 g/mol. The molecule has 0 N–H and O–H groups in total. The topological polar surface area (TPSA) is 66.4 Å². The van der Waals surface area contributed by atoms with Gasteiger partial charge in [-0.05, 0) is 44.9 Å². The Morgan fingerprint density at radius 3 is 2.31 bits per heavy atom. The van der Waals surface area contributed by atoms with Gasteiger partial charge in [-0.1, -0.05) is 6.42 Å². The molecule has 0 atom stereocenters. The molecule has 0 spiro atoms. The van der Waals surface area contributed by atoms with Crippen LogP contribution in [-0.2, 0) is 14.3 Å². The molecule has 0 unspecified atom stereocenters. The highest BCUT2D eigenvalue weighted by Gasteiger charge is 2.17. The lowest BCUT2D eigenvalue weighted by atomic mass is 9.98. The monoisotopic (exact) mass is 227 g/mol. The normalized spacial score (nSPS) is 17.0. The zero-order chi connectivity index (χ0) is 11.8.